The summed E-state index contributed by atoms with van der Waals surface area (Å²) < 4.78 is 10.6. The monoisotopic (exact) mass is 309 g/mol. The number of ether oxygens (including phenoxy) is 2. The van der Waals surface area contributed by atoms with Crippen molar-refractivity contribution in [1.29, 1.82) is 0 Å². The van der Waals surface area contributed by atoms with E-state index in [2.05, 4.69) is 10.2 Å². The van der Waals surface area contributed by atoms with E-state index in [0.717, 1.165) is 34.0 Å². The van der Waals surface area contributed by atoms with Crippen LogP contribution in [-0.4, -0.2) is 30.5 Å². The van der Waals surface area contributed by atoms with Gasteiger partial charge in [-0.1, -0.05) is 24.3 Å². The van der Waals surface area contributed by atoms with Crippen LogP contribution < -0.4 is 10.5 Å². The van der Waals surface area contributed by atoms with Crippen LogP contribution in [0.4, 0.5) is 5.69 Å². The zero-order valence-electron chi connectivity index (χ0n) is 13.0. The minimum absolute atomic E-state index is 0.525. The van der Waals surface area contributed by atoms with Crippen molar-refractivity contribution in [3.63, 3.8) is 0 Å². The number of nitrogens with two attached hydrogens (primary N) is 1. The van der Waals surface area contributed by atoms with Crippen molar-refractivity contribution in [3.8, 4) is 28.3 Å². The zero-order valence-corrected chi connectivity index (χ0v) is 13.0. The first-order chi connectivity index (χ1) is 11.3. The SMILES string of the molecule is COCCOc1cccc(-c2cc(-c3ccc(N)cc3)[nH]n2)c1. The van der Waals surface area contributed by atoms with E-state index in [1.165, 1.54) is 0 Å². The van der Waals surface area contributed by atoms with Crippen LogP contribution >= 0.6 is 0 Å². The number of rotatable bonds is 6. The quantitative estimate of drug-likeness (QED) is 0.541. The molecule has 0 amide bonds. The lowest BCUT2D eigenvalue weighted by atomic mass is 10.1. The highest BCUT2D eigenvalue weighted by Crippen LogP contribution is 2.26. The Morgan fingerprint density at radius 2 is 1.83 bits per heavy atom. The molecule has 0 radical (unpaired) electrons. The van der Waals surface area contributed by atoms with Gasteiger partial charge < -0.3 is 15.2 Å². The van der Waals surface area contributed by atoms with Crippen LogP contribution in [-0.2, 0) is 4.74 Å². The van der Waals surface area contributed by atoms with Crippen molar-refractivity contribution in [1.82, 2.24) is 10.2 Å². The molecule has 118 valence electrons. The lowest BCUT2D eigenvalue weighted by Crippen LogP contribution is -2.04. The van der Waals surface area contributed by atoms with E-state index in [1.807, 2.05) is 54.6 Å². The summed E-state index contributed by atoms with van der Waals surface area (Å²) in [5.74, 6) is 0.802. The molecule has 0 unspecified atom stereocenters. The summed E-state index contributed by atoms with van der Waals surface area (Å²) in [6.07, 6.45) is 0. The van der Waals surface area contributed by atoms with Crippen molar-refractivity contribution in [2.24, 2.45) is 0 Å². The van der Waals surface area contributed by atoms with Crippen LogP contribution in [0.2, 0.25) is 0 Å². The van der Waals surface area contributed by atoms with Gasteiger partial charge in [-0.05, 0) is 35.9 Å². The number of hydrogen-bond donors (Lipinski definition) is 2. The number of H-pyrrole nitrogens is 1. The molecule has 0 saturated carbocycles. The molecule has 5 nitrogen and oxygen atoms in total. The van der Waals surface area contributed by atoms with Gasteiger partial charge in [0.05, 0.1) is 18.0 Å². The predicted molar refractivity (Wildman–Crippen MR) is 91.2 cm³/mol. The van der Waals surface area contributed by atoms with Crippen LogP contribution in [0.1, 0.15) is 0 Å². The topological polar surface area (TPSA) is 73.2 Å². The average molecular weight is 309 g/mol. The lowest BCUT2D eigenvalue weighted by Gasteiger charge is -2.06. The van der Waals surface area contributed by atoms with E-state index in [1.54, 1.807) is 7.11 Å². The maximum Gasteiger partial charge on any atom is 0.120 e. The molecule has 0 fully saturated rings. The molecule has 0 spiro atoms. The minimum Gasteiger partial charge on any atom is -0.491 e. The maximum atomic E-state index is 5.72. The van der Waals surface area contributed by atoms with Crippen LogP contribution in [0.5, 0.6) is 5.75 Å². The fraction of sp³-hybridized carbons (Fsp3) is 0.167. The standard InChI is InChI=1S/C18H19N3O2/c1-22-9-10-23-16-4-2-3-14(11-16)18-12-17(20-21-18)13-5-7-15(19)8-6-13/h2-8,11-12H,9-10,19H2,1H3,(H,20,21). The van der Waals surface area contributed by atoms with E-state index >= 15 is 0 Å². The lowest BCUT2D eigenvalue weighted by molar-refractivity contribution is 0.146. The molecule has 23 heavy (non-hydrogen) atoms. The summed E-state index contributed by atoms with van der Waals surface area (Å²) in [4.78, 5) is 0. The molecule has 0 aliphatic heterocycles. The number of aromatic amines is 1. The number of nitrogen functional groups attached to an aromatic ring is 1. The first-order valence-corrected chi connectivity index (χ1v) is 7.40. The van der Waals surface area contributed by atoms with Crippen molar-refractivity contribution in [2.45, 2.75) is 0 Å². The first-order valence-electron chi connectivity index (χ1n) is 7.40. The number of hydrogen-bond acceptors (Lipinski definition) is 4. The number of methoxy groups -OCH3 is 1. The van der Waals surface area contributed by atoms with Crippen LogP contribution in [0.3, 0.4) is 0 Å². The van der Waals surface area contributed by atoms with Gasteiger partial charge in [0.25, 0.3) is 0 Å². The number of nitrogens with zero attached hydrogens (tertiary/aromatic N) is 1. The van der Waals surface area contributed by atoms with Gasteiger partial charge in [-0.2, -0.15) is 5.10 Å². The van der Waals surface area contributed by atoms with E-state index in [9.17, 15) is 0 Å². The second-order valence-corrected chi connectivity index (χ2v) is 5.16. The summed E-state index contributed by atoms with van der Waals surface area (Å²) in [6, 6.07) is 17.6. The van der Waals surface area contributed by atoms with Crippen molar-refractivity contribution in [3.05, 3.63) is 54.6 Å². The van der Waals surface area contributed by atoms with Gasteiger partial charge in [0.2, 0.25) is 0 Å². The molecule has 1 heterocycles. The van der Waals surface area contributed by atoms with E-state index in [-0.39, 0.29) is 0 Å². The molecular formula is C18H19N3O2. The Hall–Kier alpha value is -2.79. The van der Waals surface area contributed by atoms with Gasteiger partial charge in [0, 0.05) is 18.4 Å². The third-order valence-corrected chi connectivity index (χ3v) is 3.49. The van der Waals surface area contributed by atoms with Gasteiger partial charge in [-0.25, -0.2) is 0 Å². The first kappa shape index (κ1) is 15.1. The Bertz CT molecular complexity index is 766. The molecule has 5 heteroatoms. The summed E-state index contributed by atoms with van der Waals surface area (Å²) in [5, 5.41) is 7.45. The number of aromatic nitrogens is 2. The van der Waals surface area contributed by atoms with Crippen LogP contribution in [0.25, 0.3) is 22.5 Å². The molecule has 1 aromatic heterocycles. The molecule has 0 aliphatic rings. The largest absolute Gasteiger partial charge is 0.491 e. The smallest absolute Gasteiger partial charge is 0.120 e. The predicted octanol–water partition coefficient (Wildman–Crippen LogP) is 3.35. The number of benzene rings is 2. The molecule has 2 aromatic carbocycles. The van der Waals surface area contributed by atoms with E-state index < -0.39 is 0 Å². The van der Waals surface area contributed by atoms with Gasteiger partial charge in [0.15, 0.2) is 0 Å². The molecule has 3 rings (SSSR count). The molecule has 0 saturated heterocycles. The van der Waals surface area contributed by atoms with Crippen molar-refractivity contribution in [2.75, 3.05) is 26.1 Å². The van der Waals surface area contributed by atoms with Gasteiger partial charge in [-0.15, -0.1) is 0 Å². The van der Waals surface area contributed by atoms with Gasteiger partial charge >= 0.3 is 0 Å². The second kappa shape index (κ2) is 6.98. The number of nitrogens with one attached hydrogen (secondary N) is 1. The zero-order chi connectivity index (χ0) is 16.1. The van der Waals surface area contributed by atoms with Crippen LogP contribution in [0, 0.1) is 0 Å². The second-order valence-electron chi connectivity index (χ2n) is 5.16. The highest BCUT2D eigenvalue weighted by molar-refractivity contribution is 5.69. The highest BCUT2D eigenvalue weighted by Gasteiger charge is 2.07. The fourth-order valence-corrected chi connectivity index (χ4v) is 2.27. The summed E-state index contributed by atoms with van der Waals surface area (Å²) in [7, 11) is 1.65. The van der Waals surface area contributed by atoms with Crippen molar-refractivity contribution >= 4 is 5.69 Å². The summed E-state index contributed by atoms with van der Waals surface area (Å²) in [5.41, 5.74) is 10.3. The molecule has 0 atom stereocenters. The molecule has 0 aliphatic carbocycles. The van der Waals surface area contributed by atoms with Crippen molar-refractivity contribution < 1.29 is 9.47 Å². The molecule has 3 aromatic rings. The average Bonchev–Trinajstić information content (AvgIpc) is 3.06. The third kappa shape index (κ3) is 3.70. The van der Waals surface area contributed by atoms with Gasteiger partial charge in [0.1, 0.15) is 12.4 Å². The third-order valence-electron chi connectivity index (χ3n) is 3.49. The highest BCUT2D eigenvalue weighted by atomic mass is 16.5. The maximum absolute atomic E-state index is 5.72. The van der Waals surface area contributed by atoms with Gasteiger partial charge in [-0.3, -0.25) is 5.10 Å². The Morgan fingerprint density at radius 3 is 2.61 bits per heavy atom. The van der Waals surface area contributed by atoms with E-state index in [4.69, 9.17) is 15.2 Å². The molecule has 0 bridgehead atoms. The summed E-state index contributed by atoms with van der Waals surface area (Å²) in [6.45, 7) is 1.09. The Morgan fingerprint density at radius 1 is 1.00 bits per heavy atom. The Kier molecular flexibility index (Phi) is 4.59. The number of anilines is 1. The Labute approximate surface area is 135 Å². The Balaban J connectivity index is 1.80. The minimum atomic E-state index is 0.525. The summed E-state index contributed by atoms with van der Waals surface area (Å²) >= 11 is 0. The van der Waals surface area contributed by atoms with Crippen LogP contribution in [0.15, 0.2) is 54.6 Å². The molecular weight excluding hydrogens is 290 g/mol. The van der Waals surface area contributed by atoms with E-state index in [0.29, 0.717) is 13.2 Å². The fourth-order valence-electron chi connectivity index (χ4n) is 2.27. The molecule has 3 N–H and O–H groups in total. The normalized spacial score (nSPS) is 10.7.